The lowest BCUT2D eigenvalue weighted by molar-refractivity contribution is 0.0957. The molecule has 1 amide bonds. The number of carbonyl (C=O) groups is 1. The van der Waals surface area contributed by atoms with Gasteiger partial charge in [-0.25, -0.2) is 14.6 Å². The molecule has 0 spiro atoms. The number of hydrogen-bond acceptors (Lipinski definition) is 5. The Kier molecular flexibility index (Phi) is 2.50. The first-order valence-electron chi connectivity index (χ1n) is 4.56. The van der Waals surface area contributed by atoms with Gasteiger partial charge < -0.3 is 11.1 Å². The minimum absolute atomic E-state index is 0.255. The molecule has 2 rings (SSSR count). The van der Waals surface area contributed by atoms with Gasteiger partial charge in [0.1, 0.15) is 0 Å². The van der Waals surface area contributed by atoms with Crippen LogP contribution in [-0.2, 0) is 0 Å². The lowest BCUT2D eigenvalue weighted by Crippen LogP contribution is -2.18. The molecule has 0 atom stereocenters. The molecule has 2 heterocycles. The molecule has 2 aromatic heterocycles. The van der Waals surface area contributed by atoms with Gasteiger partial charge in [0.05, 0.1) is 18.1 Å². The van der Waals surface area contributed by atoms with Crippen LogP contribution in [0.25, 0.3) is 5.95 Å². The topological polar surface area (TPSA) is 98.7 Å². The average molecular weight is 218 g/mol. The number of rotatable bonds is 2. The smallest absolute Gasteiger partial charge is 0.271 e. The zero-order valence-electron chi connectivity index (χ0n) is 8.58. The Bertz CT molecular complexity index is 503. The molecule has 0 fully saturated rings. The minimum Gasteiger partial charge on any atom is -0.396 e. The maximum Gasteiger partial charge on any atom is 0.271 e. The Morgan fingerprint density at radius 2 is 2.12 bits per heavy atom. The zero-order chi connectivity index (χ0) is 11.5. The lowest BCUT2D eigenvalue weighted by atomic mass is 10.4. The number of carbonyl (C=O) groups excluding carboxylic acids is 1. The summed E-state index contributed by atoms with van der Waals surface area (Å²) in [6, 6.07) is 1.58. The second-order valence-electron chi connectivity index (χ2n) is 3.04. The third kappa shape index (κ3) is 1.83. The van der Waals surface area contributed by atoms with Crippen molar-refractivity contribution in [2.24, 2.45) is 0 Å². The van der Waals surface area contributed by atoms with E-state index in [1.165, 1.54) is 17.1 Å². The number of nitrogen functional groups attached to an aromatic ring is 1. The molecule has 2 aromatic rings. The first-order valence-corrected chi connectivity index (χ1v) is 4.56. The predicted octanol–water partition coefficient (Wildman–Crippen LogP) is -0.396. The van der Waals surface area contributed by atoms with E-state index >= 15 is 0 Å². The predicted molar refractivity (Wildman–Crippen MR) is 57.0 cm³/mol. The molecule has 7 nitrogen and oxygen atoms in total. The maximum atomic E-state index is 11.3. The largest absolute Gasteiger partial charge is 0.396 e. The molecule has 0 saturated heterocycles. The monoisotopic (exact) mass is 218 g/mol. The highest BCUT2D eigenvalue weighted by molar-refractivity contribution is 5.91. The van der Waals surface area contributed by atoms with Crippen molar-refractivity contribution in [1.29, 1.82) is 0 Å². The Labute approximate surface area is 91.3 Å². The molecule has 0 saturated carbocycles. The van der Waals surface area contributed by atoms with Crippen LogP contribution < -0.4 is 11.1 Å². The highest BCUT2D eigenvalue weighted by Crippen LogP contribution is 2.03. The Morgan fingerprint density at radius 1 is 1.44 bits per heavy atom. The van der Waals surface area contributed by atoms with Gasteiger partial charge in [-0.05, 0) is 6.07 Å². The van der Waals surface area contributed by atoms with Crippen LogP contribution in [0.1, 0.15) is 10.5 Å². The summed E-state index contributed by atoms with van der Waals surface area (Å²) in [6.07, 6.45) is 4.56. The van der Waals surface area contributed by atoms with Gasteiger partial charge in [0.2, 0.25) is 0 Å². The van der Waals surface area contributed by atoms with Gasteiger partial charge in [-0.1, -0.05) is 0 Å². The van der Waals surface area contributed by atoms with Crippen LogP contribution in [0.4, 0.5) is 5.69 Å². The molecular weight excluding hydrogens is 208 g/mol. The molecule has 7 heteroatoms. The maximum absolute atomic E-state index is 11.3. The van der Waals surface area contributed by atoms with E-state index in [-0.39, 0.29) is 5.91 Å². The Balaban J connectivity index is 2.31. The molecule has 3 N–H and O–H groups in total. The first kappa shape index (κ1) is 10.1. The van der Waals surface area contributed by atoms with Crippen molar-refractivity contribution < 1.29 is 4.79 Å². The summed E-state index contributed by atoms with van der Waals surface area (Å²) < 4.78 is 1.41. The summed E-state index contributed by atoms with van der Waals surface area (Å²) in [5.41, 5.74) is 6.24. The summed E-state index contributed by atoms with van der Waals surface area (Å²) in [6.45, 7) is 0. The van der Waals surface area contributed by atoms with Crippen molar-refractivity contribution in [2.45, 2.75) is 0 Å². The highest BCUT2D eigenvalue weighted by atomic mass is 16.1. The average Bonchev–Trinajstić information content (AvgIpc) is 2.78. The third-order valence-electron chi connectivity index (χ3n) is 1.91. The molecule has 0 aliphatic carbocycles. The van der Waals surface area contributed by atoms with Crippen LogP contribution in [0.2, 0.25) is 0 Å². The fraction of sp³-hybridized carbons (Fsp3) is 0.111. The molecule has 0 aliphatic heterocycles. The van der Waals surface area contributed by atoms with Gasteiger partial charge in [-0.3, -0.25) is 4.79 Å². The summed E-state index contributed by atoms with van der Waals surface area (Å²) in [4.78, 5) is 19.2. The summed E-state index contributed by atoms with van der Waals surface area (Å²) in [5.74, 6) is 0.110. The van der Waals surface area contributed by atoms with Gasteiger partial charge in [0.25, 0.3) is 11.9 Å². The number of anilines is 1. The molecule has 0 bridgehead atoms. The number of nitrogens with two attached hydrogens (primary N) is 1. The van der Waals surface area contributed by atoms with Crippen molar-refractivity contribution >= 4 is 11.6 Å². The summed E-state index contributed by atoms with van der Waals surface area (Å²) in [5, 5.41) is 6.50. The van der Waals surface area contributed by atoms with Crippen LogP contribution in [-0.4, -0.2) is 32.7 Å². The van der Waals surface area contributed by atoms with Crippen molar-refractivity contribution in [3.63, 3.8) is 0 Å². The van der Waals surface area contributed by atoms with Gasteiger partial charge >= 0.3 is 0 Å². The van der Waals surface area contributed by atoms with Crippen molar-refractivity contribution in [3.8, 4) is 5.95 Å². The van der Waals surface area contributed by atoms with E-state index < -0.39 is 0 Å². The van der Waals surface area contributed by atoms with Gasteiger partial charge in [-0.2, -0.15) is 5.10 Å². The van der Waals surface area contributed by atoms with Gasteiger partial charge in [0.15, 0.2) is 5.69 Å². The second kappa shape index (κ2) is 3.97. The standard InChI is InChI=1S/C9H10N6O/c1-11-8(16)7-2-3-15(14-7)9-12-4-6(10)5-13-9/h2-5H,10H2,1H3,(H,11,16). The van der Waals surface area contributed by atoms with Crippen molar-refractivity contribution in [3.05, 3.63) is 30.4 Å². The molecule has 82 valence electrons. The SMILES string of the molecule is CNC(=O)c1ccn(-c2ncc(N)cn2)n1. The van der Waals surface area contributed by atoms with Crippen LogP contribution in [0.5, 0.6) is 0 Å². The van der Waals surface area contributed by atoms with Crippen LogP contribution in [0.3, 0.4) is 0 Å². The third-order valence-corrected chi connectivity index (χ3v) is 1.91. The van der Waals surface area contributed by atoms with E-state index in [0.717, 1.165) is 0 Å². The Hall–Kier alpha value is -2.44. The van der Waals surface area contributed by atoms with E-state index in [2.05, 4.69) is 20.4 Å². The Morgan fingerprint density at radius 3 is 2.75 bits per heavy atom. The molecule has 0 aromatic carbocycles. The van der Waals surface area contributed by atoms with E-state index in [1.54, 1.807) is 19.3 Å². The number of nitrogens with zero attached hydrogens (tertiary/aromatic N) is 4. The first-order chi connectivity index (χ1) is 7.70. The van der Waals surface area contributed by atoms with E-state index in [4.69, 9.17) is 5.73 Å². The van der Waals surface area contributed by atoms with Gasteiger partial charge in [-0.15, -0.1) is 0 Å². The summed E-state index contributed by atoms with van der Waals surface area (Å²) in [7, 11) is 1.54. The minimum atomic E-state index is -0.255. The van der Waals surface area contributed by atoms with E-state index in [0.29, 0.717) is 17.3 Å². The normalized spacial score (nSPS) is 10.1. The lowest BCUT2D eigenvalue weighted by Gasteiger charge is -1.98. The number of hydrogen-bond donors (Lipinski definition) is 2. The quantitative estimate of drug-likeness (QED) is 0.714. The zero-order valence-corrected chi connectivity index (χ0v) is 8.58. The summed E-state index contributed by atoms with van der Waals surface area (Å²) >= 11 is 0. The van der Waals surface area contributed by atoms with E-state index in [9.17, 15) is 4.79 Å². The van der Waals surface area contributed by atoms with Crippen LogP contribution >= 0.6 is 0 Å². The molecule has 0 unspecified atom stereocenters. The number of nitrogens with one attached hydrogen (secondary N) is 1. The molecular formula is C9H10N6O. The fourth-order valence-corrected chi connectivity index (χ4v) is 1.13. The van der Waals surface area contributed by atoms with Crippen molar-refractivity contribution in [2.75, 3.05) is 12.8 Å². The van der Waals surface area contributed by atoms with E-state index in [1.807, 2.05) is 0 Å². The highest BCUT2D eigenvalue weighted by Gasteiger charge is 2.08. The number of aromatic nitrogens is 4. The van der Waals surface area contributed by atoms with Gasteiger partial charge in [0, 0.05) is 13.2 Å². The van der Waals surface area contributed by atoms with Crippen LogP contribution in [0.15, 0.2) is 24.7 Å². The molecule has 0 aliphatic rings. The van der Waals surface area contributed by atoms with Crippen LogP contribution in [0, 0.1) is 0 Å². The molecule has 16 heavy (non-hydrogen) atoms. The fourth-order valence-electron chi connectivity index (χ4n) is 1.13. The second-order valence-corrected chi connectivity index (χ2v) is 3.04. The van der Waals surface area contributed by atoms with Crippen molar-refractivity contribution in [1.82, 2.24) is 25.1 Å². The number of amides is 1. The molecule has 0 radical (unpaired) electrons.